The van der Waals surface area contributed by atoms with Crippen molar-refractivity contribution < 1.29 is 13.5 Å². The van der Waals surface area contributed by atoms with Gasteiger partial charge in [0.05, 0.1) is 25.3 Å². The van der Waals surface area contributed by atoms with Crippen LogP contribution in [0.3, 0.4) is 0 Å². The fourth-order valence-corrected chi connectivity index (χ4v) is 1.34. The summed E-state index contributed by atoms with van der Waals surface area (Å²) in [6.07, 6.45) is 0. The molecule has 0 amide bonds. The smallest absolute Gasteiger partial charge is 0.159 e. The number of methoxy groups -OCH3 is 1. The first-order valence-electron chi connectivity index (χ1n) is 4.73. The Balaban J connectivity index is 2.83. The van der Waals surface area contributed by atoms with Crippen molar-refractivity contribution in [2.45, 2.75) is 6.04 Å². The molecular weight excluding hydrogens is 214 g/mol. The predicted molar refractivity (Wildman–Crippen MR) is 54.6 cm³/mol. The van der Waals surface area contributed by atoms with E-state index in [-0.39, 0.29) is 19.2 Å². The molecule has 5 heteroatoms. The van der Waals surface area contributed by atoms with Gasteiger partial charge in [-0.3, -0.25) is 5.32 Å². The van der Waals surface area contributed by atoms with Crippen LogP contribution in [0.2, 0.25) is 0 Å². The standard InChI is InChI=1S/C11H12F2N2O/c1-16-7-11(15-5-4-14)8-2-3-9(12)10(13)6-8/h2-3,6,11,15H,5,7H2,1H3/t11-/m0/s1. The lowest BCUT2D eigenvalue weighted by Gasteiger charge is -2.16. The van der Waals surface area contributed by atoms with E-state index in [0.29, 0.717) is 5.56 Å². The molecule has 86 valence electrons. The second kappa shape index (κ2) is 6.16. The Morgan fingerprint density at radius 3 is 2.75 bits per heavy atom. The Labute approximate surface area is 92.6 Å². The van der Waals surface area contributed by atoms with Gasteiger partial charge in [-0.15, -0.1) is 0 Å². The summed E-state index contributed by atoms with van der Waals surface area (Å²) >= 11 is 0. The number of rotatable bonds is 5. The average molecular weight is 226 g/mol. The van der Waals surface area contributed by atoms with Crippen LogP contribution >= 0.6 is 0 Å². The zero-order chi connectivity index (χ0) is 12.0. The van der Waals surface area contributed by atoms with Gasteiger partial charge in [0, 0.05) is 7.11 Å². The molecule has 16 heavy (non-hydrogen) atoms. The van der Waals surface area contributed by atoms with Crippen molar-refractivity contribution in [3.05, 3.63) is 35.4 Å². The predicted octanol–water partition coefficient (Wildman–Crippen LogP) is 1.77. The quantitative estimate of drug-likeness (QED) is 0.778. The van der Waals surface area contributed by atoms with Gasteiger partial charge in [0.15, 0.2) is 11.6 Å². The maximum Gasteiger partial charge on any atom is 0.159 e. The first-order chi connectivity index (χ1) is 7.69. The fourth-order valence-electron chi connectivity index (χ4n) is 1.34. The van der Waals surface area contributed by atoms with Gasteiger partial charge in [-0.05, 0) is 17.7 Å². The highest BCUT2D eigenvalue weighted by Gasteiger charge is 2.12. The summed E-state index contributed by atoms with van der Waals surface area (Å²) in [6, 6.07) is 5.22. The van der Waals surface area contributed by atoms with Gasteiger partial charge in [0.1, 0.15) is 0 Å². The summed E-state index contributed by atoms with van der Waals surface area (Å²) < 4.78 is 30.7. The Morgan fingerprint density at radius 1 is 1.44 bits per heavy atom. The molecular formula is C11H12F2N2O. The molecule has 1 N–H and O–H groups in total. The highest BCUT2D eigenvalue weighted by molar-refractivity contribution is 5.21. The minimum atomic E-state index is -0.905. The molecule has 0 aromatic heterocycles. The van der Waals surface area contributed by atoms with Crippen molar-refractivity contribution in [2.75, 3.05) is 20.3 Å². The maximum absolute atomic E-state index is 13.0. The fraction of sp³-hybridized carbons (Fsp3) is 0.364. The van der Waals surface area contributed by atoms with E-state index < -0.39 is 11.6 Å². The maximum atomic E-state index is 13.0. The monoisotopic (exact) mass is 226 g/mol. The zero-order valence-corrected chi connectivity index (χ0v) is 8.84. The summed E-state index contributed by atoms with van der Waals surface area (Å²) in [4.78, 5) is 0. The van der Waals surface area contributed by atoms with E-state index in [1.54, 1.807) is 0 Å². The highest BCUT2D eigenvalue weighted by atomic mass is 19.2. The lowest BCUT2D eigenvalue weighted by molar-refractivity contribution is 0.168. The molecule has 1 aromatic rings. The molecule has 0 aliphatic carbocycles. The van der Waals surface area contributed by atoms with Crippen LogP contribution in [0, 0.1) is 23.0 Å². The molecule has 1 aromatic carbocycles. The van der Waals surface area contributed by atoms with Crippen LogP contribution in [0.4, 0.5) is 8.78 Å². The van der Waals surface area contributed by atoms with Gasteiger partial charge < -0.3 is 4.74 Å². The second-order valence-electron chi connectivity index (χ2n) is 3.22. The number of nitriles is 1. The zero-order valence-electron chi connectivity index (χ0n) is 8.84. The molecule has 0 aliphatic rings. The summed E-state index contributed by atoms with van der Waals surface area (Å²) in [7, 11) is 1.50. The molecule has 0 saturated carbocycles. The molecule has 1 rings (SSSR count). The topological polar surface area (TPSA) is 45.0 Å². The lowest BCUT2D eigenvalue weighted by atomic mass is 10.1. The van der Waals surface area contributed by atoms with Crippen LogP contribution in [0.1, 0.15) is 11.6 Å². The third-order valence-corrected chi connectivity index (χ3v) is 2.11. The number of ether oxygens (including phenoxy) is 1. The first-order valence-corrected chi connectivity index (χ1v) is 4.73. The van der Waals surface area contributed by atoms with E-state index in [4.69, 9.17) is 10.00 Å². The van der Waals surface area contributed by atoms with Crippen LogP contribution in [0.15, 0.2) is 18.2 Å². The molecule has 0 unspecified atom stereocenters. The number of halogens is 2. The number of benzene rings is 1. The van der Waals surface area contributed by atoms with Crippen molar-refractivity contribution in [1.82, 2.24) is 5.32 Å². The molecule has 0 radical (unpaired) electrons. The van der Waals surface area contributed by atoms with E-state index in [1.807, 2.05) is 6.07 Å². The van der Waals surface area contributed by atoms with Crippen molar-refractivity contribution in [1.29, 1.82) is 5.26 Å². The van der Waals surface area contributed by atoms with E-state index in [9.17, 15) is 8.78 Å². The van der Waals surface area contributed by atoms with Crippen LogP contribution in [-0.2, 0) is 4.74 Å². The molecule has 1 atom stereocenters. The van der Waals surface area contributed by atoms with Crippen molar-refractivity contribution in [3.8, 4) is 6.07 Å². The van der Waals surface area contributed by atoms with Gasteiger partial charge in [-0.1, -0.05) is 6.07 Å². The molecule has 0 bridgehead atoms. The Bertz CT molecular complexity index is 390. The van der Waals surface area contributed by atoms with E-state index in [2.05, 4.69) is 5.32 Å². The van der Waals surface area contributed by atoms with Crippen molar-refractivity contribution in [2.24, 2.45) is 0 Å². The summed E-state index contributed by atoms with van der Waals surface area (Å²) in [5.74, 6) is -1.79. The van der Waals surface area contributed by atoms with E-state index in [1.165, 1.54) is 13.2 Å². The third kappa shape index (κ3) is 3.26. The average Bonchev–Trinajstić information content (AvgIpc) is 2.28. The van der Waals surface area contributed by atoms with Gasteiger partial charge in [-0.25, -0.2) is 8.78 Å². The first kappa shape index (κ1) is 12.6. The van der Waals surface area contributed by atoms with Crippen LogP contribution in [-0.4, -0.2) is 20.3 Å². The SMILES string of the molecule is COC[C@H](NCC#N)c1ccc(F)c(F)c1. The van der Waals surface area contributed by atoms with Crippen LogP contribution < -0.4 is 5.32 Å². The summed E-state index contributed by atoms with van der Waals surface area (Å²) in [6.45, 7) is 0.403. The minimum Gasteiger partial charge on any atom is -0.383 e. The number of hydrogen-bond acceptors (Lipinski definition) is 3. The highest BCUT2D eigenvalue weighted by Crippen LogP contribution is 2.16. The Kier molecular flexibility index (Phi) is 4.83. The molecule has 3 nitrogen and oxygen atoms in total. The van der Waals surface area contributed by atoms with Crippen LogP contribution in [0.5, 0.6) is 0 Å². The molecule has 0 heterocycles. The Morgan fingerprint density at radius 2 is 2.19 bits per heavy atom. The van der Waals surface area contributed by atoms with Gasteiger partial charge in [0.2, 0.25) is 0 Å². The second-order valence-corrected chi connectivity index (χ2v) is 3.22. The number of nitrogens with one attached hydrogen (secondary N) is 1. The van der Waals surface area contributed by atoms with Crippen molar-refractivity contribution >= 4 is 0 Å². The summed E-state index contributed by atoms with van der Waals surface area (Å²) in [5.41, 5.74) is 0.552. The molecule has 0 saturated heterocycles. The Hall–Kier alpha value is -1.51. The van der Waals surface area contributed by atoms with Gasteiger partial charge in [-0.2, -0.15) is 5.26 Å². The van der Waals surface area contributed by atoms with E-state index in [0.717, 1.165) is 12.1 Å². The molecule has 0 fully saturated rings. The summed E-state index contributed by atoms with van der Waals surface area (Å²) in [5, 5.41) is 11.3. The third-order valence-electron chi connectivity index (χ3n) is 2.11. The number of nitrogens with zero attached hydrogens (tertiary/aromatic N) is 1. The molecule has 0 aliphatic heterocycles. The van der Waals surface area contributed by atoms with E-state index >= 15 is 0 Å². The van der Waals surface area contributed by atoms with Gasteiger partial charge in [0.25, 0.3) is 0 Å². The largest absolute Gasteiger partial charge is 0.383 e. The lowest BCUT2D eigenvalue weighted by Crippen LogP contribution is -2.25. The minimum absolute atomic E-state index is 0.118. The van der Waals surface area contributed by atoms with Crippen LogP contribution in [0.25, 0.3) is 0 Å². The normalized spacial score (nSPS) is 12.1. The van der Waals surface area contributed by atoms with Gasteiger partial charge >= 0.3 is 0 Å². The molecule has 0 spiro atoms. The number of hydrogen-bond donors (Lipinski definition) is 1. The van der Waals surface area contributed by atoms with Crippen molar-refractivity contribution in [3.63, 3.8) is 0 Å².